The minimum absolute atomic E-state index is 0.215. The molecule has 202 valence electrons. The van der Waals surface area contributed by atoms with Gasteiger partial charge in [0.2, 0.25) is 11.8 Å². The van der Waals surface area contributed by atoms with E-state index in [2.05, 4.69) is 5.32 Å². The van der Waals surface area contributed by atoms with E-state index in [1.807, 2.05) is 56.0 Å². The van der Waals surface area contributed by atoms with Gasteiger partial charge in [0.25, 0.3) is 0 Å². The third kappa shape index (κ3) is 5.79. The van der Waals surface area contributed by atoms with Crippen molar-refractivity contribution in [1.82, 2.24) is 10.2 Å². The van der Waals surface area contributed by atoms with E-state index in [0.717, 1.165) is 71.8 Å². The van der Waals surface area contributed by atoms with Crippen molar-refractivity contribution >= 4 is 39.6 Å². The van der Waals surface area contributed by atoms with E-state index in [0.29, 0.717) is 25.4 Å². The summed E-state index contributed by atoms with van der Waals surface area (Å²) in [6.07, 6.45) is 6.25. The van der Waals surface area contributed by atoms with Crippen molar-refractivity contribution in [2.24, 2.45) is 5.92 Å². The first-order valence-electron chi connectivity index (χ1n) is 13.6. The van der Waals surface area contributed by atoms with Crippen LogP contribution in [0.3, 0.4) is 0 Å². The Morgan fingerprint density at radius 3 is 2.63 bits per heavy atom. The van der Waals surface area contributed by atoms with Crippen LogP contribution in [0.4, 0.5) is 4.79 Å². The van der Waals surface area contributed by atoms with Crippen LogP contribution in [-0.4, -0.2) is 48.1 Å². The van der Waals surface area contributed by atoms with E-state index in [1.165, 1.54) is 0 Å². The zero-order valence-corrected chi connectivity index (χ0v) is 22.4. The average Bonchev–Trinajstić information content (AvgIpc) is 3.30. The molecule has 1 atom stereocenters. The van der Waals surface area contributed by atoms with Crippen LogP contribution in [0.15, 0.2) is 41.0 Å². The molecule has 1 aromatic heterocycles. The second kappa shape index (κ2) is 10.7. The van der Waals surface area contributed by atoms with Gasteiger partial charge in [-0.15, -0.1) is 0 Å². The van der Waals surface area contributed by atoms with Gasteiger partial charge in [-0.2, -0.15) is 0 Å². The first-order chi connectivity index (χ1) is 18.2. The van der Waals surface area contributed by atoms with Crippen LogP contribution in [0.1, 0.15) is 70.8 Å². The molecular weight excluding hydrogens is 484 g/mol. The van der Waals surface area contributed by atoms with Gasteiger partial charge in [0.15, 0.2) is 0 Å². The van der Waals surface area contributed by atoms with Crippen LogP contribution in [0.25, 0.3) is 21.7 Å². The Balaban J connectivity index is 1.16. The molecule has 38 heavy (non-hydrogen) atoms. The van der Waals surface area contributed by atoms with Crippen LogP contribution in [0.5, 0.6) is 5.75 Å². The van der Waals surface area contributed by atoms with Gasteiger partial charge in [0, 0.05) is 30.5 Å². The number of carbonyl (C=O) groups excluding carboxylic acids is 3. The number of amides is 3. The number of nitrogens with one attached hydrogen (secondary N) is 1. The third-order valence-electron chi connectivity index (χ3n) is 7.46. The standard InChI is InChI=1S/C30H36N2O6/c1-30(2,3)38-29(35)32-14-12-19(13-15-32)5-4-16-36-21-7-8-22-20(17-21)6-10-25-27(22)24(18-37-25)23-9-11-26(33)31-28(23)34/h6-8,10,17-19,23H,4-5,9,11-16H2,1-3H3,(H,31,33,34). The van der Waals surface area contributed by atoms with Crippen LogP contribution in [0.2, 0.25) is 0 Å². The number of benzene rings is 2. The summed E-state index contributed by atoms with van der Waals surface area (Å²) in [6.45, 7) is 7.80. The van der Waals surface area contributed by atoms with Crippen molar-refractivity contribution in [3.05, 3.63) is 42.2 Å². The van der Waals surface area contributed by atoms with Crippen LogP contribution >= 0.6 is 0 Å². The maximum absolute atomic E-state index is 12.5. The monoisotopic (exact) mass is 520 g/mol. The van der Waals surface area contributed by atoms with Crippen molar-refractivity contribution in [3.63, 3.8) is 0 Å². The second-order valence-electron chi connectivity index (χ2n) is 11.4. The van der Waals surface area contributed by atoms with Gasteiger partial charge in [-0.25, -0.2) is 4.79 Å². The average molecular weight is 521 g/mol. The molecule has 2 aliphatic rings. The smallest absolute Gasteiger partial charge is 0.410 e. The SMILES string of the molecule is CC(C)(C)OC(=O)N1CCC(CCCOc2ccc3c(ccc4occ(C5CCC(=O)NC5=O)c43)c2)CC1. The Bertz CT molecular complexity index is 1350. The van der Waals surface area contributed by atoms with Crippen molar-refractivity contribution in [2.45, 2.75) is 70.8 Å². The molecule has 2 aromatic carbocycles. The zero-order valence-electron chi connectivity index (χ0n) is 22.4. The highest BCUT2D eigenvalue weighted by Gasteiger charge is 2.31. The molecule has 5 rings (SSSR count). The summed E-state index contributed by atoms with van der Waals surface area (Å²) in [7, 11) is 0. The van der Waals surface area contributed by atoms with Gasteiger partial charge in [-0.3, -0.25) is 14.9 Å². The van der Waals surface area contributed by atoms with Crippen LogP contribution < -0.4 is 10.1 Å². The molecule has 0 spiro atoms. The first kappa shape index (κ1) is 26.1. The Hall–Kier alpha value is -3.55. The third-order valence-corrected chi connectivity index (χ3v) is 7.46. The fourth-order valence-electron chi connectivity index (χ4n) is 5.50. The fourth-order valence-corrected chi connectivity index (χ4v) is 5.50. The number of likely N-dealkylation sites (tertiary alicyclic amines) is 1. The van der Waals surface area contributed by atoms with Crippen LogP contribution in [0, 0.1) is 5.92 Å². The lowest BCUT2D eigenvalue weighted by atomic mass is 9.89. The van der Waals surface area contributed by atoms with Gasteiger partial charge in [-0.1, -0.05) is 6.07 Å². The normalized spacial score (nSPS) is 19.1. The van der Waals surface area contributed by atoms with Gasteiger partial charge >= 0.3 is 6.09 Å². The minimum Gasteiger partial charge on any atom is -0.494 e. The van der Waals surface area contributed by atoms with Crippen molar-refractivity contribution in [3.8, 4) is 5.75 Å². The number of ether oxygens (including phenoxy) is 2. The molecule has 0 aliphatic carbocycles. The summed E-state index contributed by atoms with van der Waals surface area (Å²) >= 11 is 0. The molecule has 0 radical (unpaired) electrons. The maximum Gasteiger partial charge on any atom is 0.410 e. The topological polar surface area (TPSA) is 98.1 Å². The predicted octanol–water partition coefficient (Wildman–Crippen LogP) is 5.91. The van der Waals surface area contributed by atoms with Gasteiger partial charge in [0.1, 0.15) is 16.9 Å². The Labute approximate surface area is 222 Å². The molecular formula is C30H36N2O6. The molecule has 1 unspecified atom stereocenters. The lowest BCUT2D eigenvalue weighted by Gasteiger charge is -2.33. The summed E-state index contributed by atoms with van der Waals surface area (Å²) in [5, 5.41) is 5.38. The molecule has 2 fully saturated rings. The molecule has 3 aromatic rings. The highest BCUT2D eigenvalue weighted by molar-refractivity contribution is 6.10. The summed E-state index contributed by atoms with van der Waals surface area (Å²) in [6, 6.07) is 9.92. The number of imide groups is 1. The van der Waals surface area contributed by atoms with E-state index in [1.54, 1.807) is 6.26 Å². The molecule has 2 saturated heterocycles. The van der Waals surface area contributed by atoms with Gasteiger partial charge < -0.3 is 18.8 Å². The molecule has 3 heterocycles. The van der Waals surface area contributed by atoms with Crippen molar-refractivity contribution in [1.29, 1.82) is 0 Å². The number of hydrogen-bond donors (Lipinski definition) is 1. The van der Waals surface area contributed by atoms with E-state index in [4.69, 9.17) is 13.9 Å². The molecule has 8 nitrogen and oxygen atoms in total. The Morgan fingerprint density at radius 2 is 1.89 bits per heavy atom. The summed E-state index contributed by atoms with van der Waals surface area (Å²) in [5.74, 6) is 0.511. The van der Waals surface area contributed by atoms with E-state index in [9.17, 15) is 14.4 Å². The lowest BCUT2D eigenvalue weighted by Crippen LogP contribution is -2.41. The molecule has 2 aliphatic heterocycles. The summed E-state index contributed by atoms with van der Waals surface area (Å²) in [4.78, 5) is 38.1. The quantitative estimate of drug-likeness (QED) is 0.320. The van der Waals surface area contributed by atoms with Gasteiger partial charge in [0.05, 0.1) is 18.8 Å². The number of furan rings is 1. The Morgan fingerprint density at radius 1 is 1.11 bits per heavy atom. The zero-order chi connectivity index (χ0) is 26.9. The Kier molecular flexibility index (Phi) is 7.32. The number of carbonyl (C=O) groups is 3. The number of fused-ring (bicyclic) bond motifs is 3. The summed E-state index contributed by atoms with van der Waals surface area (Å²) < 4.78 is 17.3. The minimum atomic E-state index is -0.464. The first-order valence-corrected chi connectivity index (χ1v) is 13.6. The van der Waals surface area contributed by atoms with Crippen molar-refractivity contribution < 1.29 is 28.3 Å². The van der Waals surface area contributed by atoms with Crippen LogP contribution in [-0.2, 0) is 14.3 Å². The highest BCUT2D eigenvalue weighted by atomic mass is 16.6. The molecule has 0 bridgehead atoms. The van der Waals surface area contributed by atoms with E-state index in [-0.39, 0.29) is 17.9 Å². The number of rotatable bonds is 6. The van der Waals surface area contributed by atoms with E-state index >= 15 is 0 Å². The molecule has 0 saturated carbocycles. The van der Waals surface area contributed by atoms with E-state index < -0.39 is 11.5 Å². The highest BCUT2D eigenvalue weighted by Crippen LogP contribution is 2.37. The number of hydrogen-bond acceptors (Lipinski definition) is 6. The largest absolute Gasteiger partial charge is 0.494 e. The summed E-state index contributed by atoms with van der Waals surface area (Å²) in [5.41, 5.74) is 1.08. The number of nitrogens with zero attached hydrogens (tertiary/aromatic N) is 1. The van der Waals surface area contributed by atoms with Gasteiger partial charge in [-0.05, 0) is 93.8 Å². The molecule has 8 heteroatoms. The molecule has 1 N–H and O–H groups in total. The fraction of sp³-hybridized carbons (Fsp3) is 0.500. The second-order valence-corrected chi connectivity index (χ2v) is 11.4. The maximum atomic E-state index is 12.5. The van der Waals surface area contributed by atoms with Crippen molar-refractivity contribution in [2.75, 3.05) is 19.7 Å². The predicted molar refractivity (Wildman–Crippen MR) is 144 cm³/mol. The number of piperidine rings is 2. The lowest BCUT2D eigenvalue weighted by molar-refractivity contribution is -0.134. The molecule has 3 amide bonds.